The molecule has 2 aromatic carbocycles. The maximum atomic E-state index is 12.7. The van der Waals surface area contributed by atoms with Gasteiger partial charge in [0.25, 0.3) is 0 Å². The van der Waals surface area contributed by atoms with E-state index in [4.69, 9.17) is 4.74 Å². The summed E-state index contributed by atoms with van der Waals surface area (Å²) in [5.74, 6) is -0.182. The number of carbonyl (C=O) groups is 2. The van der Waals surface area contributed by atoms with Gasteiger partial charge in [-0.2, -0.15) is 0 Å². The number of thioether (sulfide) groups is 1. The van der Waals surface area contributed by atoms with Gasteiger partial charge in [0.05, 0.1) is 18.5 Å². The summed E-state index contributed by atoms with van der Waals surface area (Å²) in [6.07, 6.45) is 0. The molecule has 3 rings (SSSR count). The van der Waals surface area contributed by atoms with Crippen LogP contribution in [0.1, 0.15) is 6.92 Å². The highest BCUT2D eigenvalue weighted by Gasteiger charge is 2.46. The van der Waals surface area contributed by atoms with Crippen LogP contribution in [0.15, 0.2) is 53.4 Å². The predicted molar refractivity (Wildman–Crippen MR) is 91.0 cm³/mol. The Morgan fingerprint density at radius 2 is 1.87 bits per heavy atom. The summed E-state index contributed by atoms with van der Waals surface area (Å²) in [4.78, 5) is 26.0. The van der Waals surface area contributed by atoms with Crippen molar-refractivity contribution in [3.05, 3.63) is 48.5 Å². The third-order valence-corrected chi connectivity index (χ3v) is 5.03. The van der Waals surface area contributed by atoms with E-state index >= 15 is 0 Å². The van der Waals surface area contributed by atoms with Crippen molar-refractivity contribution in [2.75, 3.05) is 17.7 Å². The van der Waals surface area contributed by atoms with Gasteiger partial charge in [0.1, 0.15) is 5.75 Å². The van der Waals surface area contributed by atoms with Gasteiger partial charge in [-0.15, -0.1) is 0 Å². The van der Waals surface area contributed by atoms with Crippen molar-refractivity contribution < 1.29 is 14.3 Å². The average Bonchev–Trinajstić information content (AvgIpc) is 2.56. The Balaban J connectivity index is 1.88. The Kier molecular flexibility index (Phi) is 4.00. The molecular formula is C17H16N2O3S. The number of hydrogen-bond donors (Lipinski definition) is 2. The van der Waals surface area contributed by atoms with Crippen LogP contribution in [0.2, 0.25) is 0 Å². The fourth-order valence-electron chi connectivity index (χ4n) is 2.31. The van der Waals surface area contributed by atoms with Gasteiger partial charge in [-0.25, -0.2) is 0 Å². The van der Waals surface area contributed by atoms with Crippen molar-refractivity contribution in [2.24, 2.45) is 0 Å². The lowest BCUT2D eigenvalue weighted by atomic mass is 10.1. The van der Waals surface area contributed by atoms with Crippen LogP contribution in [0.5, 0.6) is 5.75 Å². The molecule has 6 heteroatoms. The molecule has 23 heavy (non-hydrogen) atoms. The minimum atomic E-state index is -1.25. The smallest absolute Gasteiger partial charge is 0.250 e. The normalized spacial score (nSPS) is 19.5. The zero-order valence-corrected chi connectivity index (χ0v) is 13.6. The molecule has 1 aliphatic heterocycles. The first-order valence-electron chi connectivity index (χ1n) is 7.08. The highest BCUT2D eigenvalue weighted by molar-refractivity contribution is 8.02. The van der Waals surface area contributed by atoms with Crippen LogP contribution in [0.25, 0.3) is 0 Å². The molecule has 0 saturated carbocycles. The van der Waals surface area contributed by atoms with Crippen LogP contribution < -0.4 is 15.4 Å². The van der Waals surface area contributed by atoms with Gasteiger partial charge in [-0.3, -0.25) is 9.59 Å². The van der Waals surface area contributed by atoms with E-state index in [1.54, 1.807) is 25.1 Å². The number of nitrogens with one attached hydrogen (secondary N) is 2. The minimum absolute atomic E-state index is 0.339. The lowest BCUT2D eigenvalue weighted by Crippen LogP contribution is -2.49. The summed E-state index contributed by atoms with van der Waals surface area (Å²) in [5, 5.41) is 5.58. The van der Waals surface area contributed by atoms with E-state index in [0.717, 1.165) is 10.6 Å². The van der Waals surface area contributed by atoms with Gasteiger partial charge in [-0.05, 0) is 31.2 Å². The quantitative estimate of drug-likeness (QED) is 0.850. The summed E-state index contributed by atoms with van der Waals surface area (Å²) < 4.78 is 3.97. The van der Waals surface area contributed by atoms with E-state index in [-0.39, 0.29) is 11.8 Å². The second kappa shape index (κ2) is 5.96. The molecule has 0 spiro atoms. The standard InChI is InChI=1S/C17H16N2O3S/c1-17(15(20)18-11-7-3-5-9-13(11)22-2)16(21)19-12-8-4-6-10-14(12)23-17/h3-10H,1-2H3,(H,18,20)(H,19,21). The molecule has 0 aromatic heterocycles. The molecule has 0 fully saturated rings. The maximum Gasteiger partial charge on any atom is 0.250 e. The van der Waals surface area contributed by atoms with Crippen molar-refractivity contribution >= 4 is 35.0 Å². The molecule has 1 atom stereocenters. The van der Waals surface area contributed by atoms with Gasteiger partial charge in [0.2, 0.25) is 11.8 Å². The van der Waals surface area contributed by atoms with E-state index < -0.39 is 4.75 Å². The van der Waals surface area contributed by atoms with E-state index in [0.29, 0.717) is 11.4 Å². The molecule has 118 valence electrons. The molecule has 5 nitrogen and oxygen atoms in total. The van der Waals surface area contributed by atoms with Crippen LogP contribution in [0, 0.1) is 0 Å². The number of ether oxygens (including phenoxy) is 1. The SMILES string of the molecule is COc1ccccc1NC(=O)C1(C)Sc2ccccc2NC1=O. The molecule has 2 amide bonds. The monoisotopic (exact) mass is 328 g/mol. The number of methoxy groups -OCH3 is 1. The maximum absolute atomic E-state index is 12.7. The van der Waals surface area contributed by atoms with Gasteiger partial charge < -0.3 is 15.4 Å². The number of benzene rings is 2. The van der Waals surface area contributed by atoms with E-state index in [1.807, 2.05) is 30.3 Å². The highest BCUT2D eigenvalue weighted by atomic mass is 32.2. The zero-order chi connectivity index (χ0) is 16.4. The van der Waals surface area contributed by atoms with Crippen LogP contribution in [-0.2, 0) is 9.59 Å². The van der Waals surface area contributed by atoms with Crippen molar-refractivity contribution in [3.8, 4) is 5.75 Å². The second-order valence-electron chi connectivity index (χ2n) is 5.24. The molecule has 1 unspecified atom stereocenters. The van der Waals surface area contributed by atoms with Crippen LogP contribution >= 0.6 is 11.8 Å². The van der Waals surface area contributed by atoms with Gasteiger partial charge in [-0.1, -0.05) is 36.0 Å². The number of hydrogen-bond acceptors (Lipinski definition) is 4. The third-order valence-electron chi connectivity index (χ3n) is 3.67. The molecule has 2 aromatic rings. The van der Waals surface area contributed by atoms with E-state index in [9.17, 15) is 9.59 Å². The molecule has 0 aliphatic carbocycles. The van der Waals surface area contributed by atoms with Gasteiger partial charge in [0.15, 0.2) is 4.75 Å². The third kappa shape index (κ3) is 2.77. The Morgan fingerprint density at radius 3 is 2.65 bits per heavy atom. The molecule has 2 N–H and O–H groups in total. The average molecular weight is 328 g/mol. The summed E-state index contributed by atoms with van der Waals surface area (Å²) in [6, 6.07) is 14.5. The predicted octanol–water partition coefficient (Wildman–Crippen LogP) is 3.14. The number of fused-ring (bicyclic) bond motifs is 1. The van der Waals surface area contributed by atoms with Crippen LogP contribution in [0.3, 0.4) is 0 Å². The molecule has 0 bridgehead atoms. The number of rotatable bonds is 3. The Hall–Kier alpha value is -2.47. The summed E-state index contributed by atoms with van der Waals surface area (Å²) >= 11 is 1.24. The van der Waals surface area contributed by atoms with Gasteiger partial charge >= 0.3 is 0 Å². The number of amides is 2. The van der Waals surface area contributed by atoms with Gasteiger partial charge in [0, 0.05) is 4.90 Å². The fourth-order valence-corrected chi connectivity index (χ4v) is 3.41. The second-order valence-corrected chi connectivity index (χ2v) is 6.70. The minimum Gasteiger partial charge on any atom is -0.495 e. The first-order chi connectivity index (χ1) is 11.0. The summed E-state index contributed by atoms with van der Waals surface area (Å²) in [7, 11) is 1.53. The number of anilines is 2. The first kappa shape index (κ1) is 15.4. The van der Waals surface area contributed by atoms with Crippen molar-refractivity contribution in [1.29, 1.82) is 0 Å². The Morgan fingerprint density at radius 1 is 1.17 bits per heavy atom. The molecule has 0 saturated heterocycles. The fraction of sp³-hybridized carbons (Fsp3) is 0.176. The highest BCUT2D eigenvalue weighted by Crippen LogP contribution is 2.43. The zero-order valence-electron chi connectivity index (χ0n) is 12.8. The van der Waals surface area contributed by atoms with Crippen molar-refractivity contribution in [3.63, 3.8) is 0 Å². The summed E-state index contributed by atoms with van der Waals surface area (Å²) in [6.45, 7) is 1.62. The number of para-hydroxylation sites is 3. The summed E-state index contributed by atoms with van der Waals surface area (Å²) in [5.41, 5.74) is 1.26. The Labute approximate surface area is 138 Å². The lowest BCUT2D eigenvalue weighted by molar-refractivity contribution is -0.126. The lowest BCUT2D eigenvalue weighted by Gasteiger charge is -2.31. The molecule has 1 aliphatic rings. The first-order valence-corrected chi connectivity index (χ1v) is 7.90. The van der Waals surface area contributed by atoms with Crippen molar-refractivity contribution in [1.82, 2.24) is 0 Å². The topological polar surface area (TPSA) is 67.4 Å². The van der Waals surface area contributed by atoms with Crippen LogP contribution in [0.4, 0.5) is 11.4 Å². The van der Waals surface area contributed by atoms with E-state index in [1.165, 1.54) is 18.9 Å². The number of carbonyl (C=O) groups excluding carboxylic acids is 2. The largest absolute Gasteiger partial charge is 0.495 e. The van der Waals surface area contributed by atoms with Crippen LogP contribution in [-0.4, -0.2) is 23.7 Å². The van der Waals surface area contributed by atoms with Crippen molar-refractivity contribution in [2.45, 2.75) is 16.6 Å². The molecular weight excluding hydrogens is 312 g/mol. The molecule has 1 heterocycles. The molecule has 0 radical (unpaired) electrons. The van der Waals surface area contributed by atoms with E-state index in [2.05, 4.69) is 10.6 Å². The Bertz CT molecular complexity index is 778.